The summed E-state index contributed by atoms with van der Waals surface area (Å²) < 4.78 is 6.95. The number of carbonyl (C=O) groups excluding carboxylic acids is 1. The number of hydrogen-bond acceptors (Lipinski definition) is 4. The number of aromatic nitrogens is 2. The first kappa shape index (κ1) is 16.1. The Kier molecular flexibility index (Phi) is 5.12. The number of benzene rings is 1. The third kappa shape index (κ3) is 4.14. The Morgan fingerprint density at radius 1 is 1.29 bits per heavy atom. The molecule has 0 saturated heterocycles. The SMILES string of the molecule is COc1cccc(NC(=O)NCCn2ccc(-c3cccs3)n2)c1. The lowest BCUT2D eigenvalue weighted by Crippen LogP contribution is -2.31. The first-order chi connectivity index (χ1) is 11.7. The Morgan fingerprint density at radius 3 is 3.00 bits per heavy atom. The molecule has 2 amide bonds. The van der Waals surface area contributed by atoms with Crippen molar-refractivity contribution in [3.63, 3.8) is 0 Å². The Bertz CT molecular complexity index is 799. The predicted molar refractivity (Wildman–Crippen MR) is 95.6 cm³/mol. The van der Waals surface area contributed by atoms with E-state index in [1.165, 1.54) is 0 Å². The van der Waals surface area contributed by atoms with Crippen molar-refractivity contribution in [3.05, 3.63) is 54.0 Å². The van der Waals surface area contributed by atoms with Crippen LogP contribution in [0, 0.1) is 0 Å². The number of carbonyl (C=O) groups is 1. The molecule has 0 saturated carbocycles. The molecule has 2 aromatic heterocycles. The van der Waals surface area contributed by atoms with Gasteiger partial charge in [0.2, 0.25) is 0 Å². The molecule has 2 heterocycles. The molecule has 7 heteroatoms. The lowest BCUT2D eigenvalue weighted by Gasteiger charge is -2.08. The summed E-state index contributed by atoms with van der Waals surface area (Å²) in [5.41, 5.74) is 1.64. The van der Waals surface area contributed by atoms with E-state index in [2.05, 4.69) is 15.7 Å². The van der Waals surface area contributed by atoms with Gasteiger partial charge in [0.25, 0.3) is 0 Å². The van der Waals surface area contributed by atoms with Gasteiger partial charge in [-0.05, 0) is 29.6 Å². The minimum Gasteiger partial charge on any atom is -0.497 e. The summed E-state index contributed by atoms with van der Waals surface area (Å²) in [5.74, 6) is 0.699. The molecule has 0 aliphatic carbocycles. The van der Waals surface area contributed by atoms with Gasteiger partial charge in [-0.25, -0.2) is 4.79 Å². The maximum Gasteiger partial charge on any atom is 0.319 e. The highest BCUT2D eigenvalue weighted by Gasteiger charge is 2.05. The van der Waals surface area contributed by atoms with Crippen molar-refractivity contribution in [1.82, 2.24) is 15.1 Å². The van der Waals surface area contributed by atoms with E-state index in [4.69, 9.17) is 4.74 Å². The van der Waals surface area contributed by atoms with Gasteiger partial charge in [0, 0.05) is 24.5 Å². The predicted octanol–water partition coefficient (Wildman–Crippen LogP) is 3.44. The highest BCUT2D eigenvalue weighted by atomic mass is 32.1. The molecular weight excluding hydrogens is 324 g/mol. The van der Waals surface area contributed by atoms with E-state index in [9.17, 15) is 4.79 Å². The summed E-state index contributed by atoms with van der Waals surface area (Å²) in [6.07, 6.45) is 1.91. The maximum atomic E-state index is 11.9. The van der Waals surface area contributed by atoms with E-state index in [-0.39, 0.29) is 6.03 Å². The number of thiophene rings is 1. The molecule has 24 heavy (non-hydrogen) atoms. The van der Waals surface area contributed by atoms with Gasteiger partial charge < -0.3 is 15.4 Å². The largest absolute Gasteiger partial charge is 0.497 e. The van der Waals surface area contributed by atoms with Crippen molar-refractivity contribution in [3.8, 4) is 16.3 Å². The smallest absolute Gasteiger partial charge is 0.319 e. The number of methoxy groups -OCH3 is 1. The van der Waals surface area contributed by atoms with Gasteiger partial charge in [0.15, 0.2) is 0 Å². The molecule has 0 radical (unpaired) electrons. The molecular formula is C17H18N4O2S. The van der Waals surface area contributed by atoms with Crippen LogP contribution in [-0.4, -0.2) is 29.5 Å². The summed E-state index contributed by atoms with van der Waals surface area (Å²) in [6, 6.07) is 13.0. The fourth-order valence-electron chi connectivity index (χ4n) is 2.20. The van der Waals surface area contributed by atoms with E-state index in [1.54, 1.807) is 24.5 Å². The number of nitrogens with zero attached hydrogens (tertiary/aromatic N) is 2. The fraction of sp³-hybridized carbons (Fsp3) is 0.176. The second-order valence-corrected chi connectivity index (χ2v) is 6.00. The zero-order valence-corrected chi connectivity index (χ0v) is 14.0. The molecule has 3 aromatic rings. The molecule has 6 nitrogen and oxygen atoms in total. The van der Waals surface area contributed by atoms with Crippen molar-refractivity contribution in [1.29, 1.82) is 0 Å². The topological polar surface area (TPSA) is 68.2 Å². The first-order valence-corrected chi connectivity index (χ1v) is 8.39. The zero-order valence-electron chi connectivity index (χ0n) is 13.2. The quantitative estimate of drug-likeness (QED) is 0.721. The Balaban J connectivity index is 1.46. The van der Waals surface area contributed by atoms with E-state index in [1.807, 2.05) is 52.7 Å². The second kappa shape index (κ2) is 7.65. The monoisotopic (exact) mass is 342 g/mol. The van der Waals surface area contributed by atoms with Crippen LogP contribution in [0.5, 0.6) is 5.75 Å². The number of urea groups is 1. The summed E-state index contributed by atoms with van der Waals surface area (Å²) in [4.78, 5) is 13.0. The molecule has 0 bridgehead atoms. The van der Waals surface area contributed by atoms with E-state index in [0.29, 0.717) is 24.5 Å². The van der Waals surface area contributed by atoms with Crippen LogP contribution in [0.1, 0.15) is 0 Å². The molecule has 0 unspecified atom stereocenters. The zero-order chi connectivity index (χ0) is 16.8. The molecule has 2 N–H and O–H groups in total. The van der Waals surface area contributed by atoms with Gasteiger partial charge >= 0.3 is 6.03 Å². The van der Waals surface area contributed by atoms with Gasteiger partial charge in [-0.1, -0.05) is 12.1 Å². The highest BCUT2D eigenvalue weighted by molar-refractivity contribution is 7.13. The molecule has 0 aliphatic heterocycles. The van der Waals surface area contributed by atoms with Crippen LogP contribution >= 0.6 is 11.3 Å². The van der Waals surface area contributed by atoms with Crippen LogP contribution < -0.4 is 15.4 Å². The van der Waals surface area contributed by atoms with Gasteiger partial charge in [-0.2, -0.15) is 5.10 Å². The molecule has 0 fully saturated rings. The van der Waals surface area contributed by atoms with Gasteiger partial charge in [-0.3, -0.25) is 4.68 Å². The number of hydrogen-bond donors (Lipinski definition) is 2. The Hall–Kier alpha value is -2.80. The van der Waals surface area contributed by atoms with Gasteiger partial charge in [0.05, 0.1) is 18.5 Å². The first-order valence-electron chi connectivity index (χ1n) is 7.51. The van der Waals surface area contributed by atoms with Crippen molar-refractivity contribution in [2.75, 3.05) is 19.0 Å². The summed E-state index contributed by atoms with van der Waals surface area (Å²) in [7, 11) is 1.59. The van der Waals surface area contributed by atoms with Crippen LogP contribution in [0.25, 0.3) is 10.6 Å². The number of nitrogens with one attached hydrogen (secondary N) is 2. The average Bonchev–Trinajstić information content (AvgIpc) is 3.26. The third-order valence-electron chi connectivity index (χ3n) is 3.37. The minimum absolute atomic E-state index is 0.256. The number of rotatable bonds is 6. The third-order valence-corrected chi connectivity index (χ3v) is 4.26. The van der Waals surface area contributed by atoms with Crippen molar-refractivity contribution in [2.45, 2.75) is 6.54 Å². The normalized spacial score (nSPS) is 10.4. The number of ether oxygens (including phenoxy) is 1. The number of amides is 2. The highest BCUT2D eigenvalue weighted by Crippen LogP contribution is 2.22. The summed E-state index contributed by atoms with van der Waals surface area (Å²) in [6.45, 7) is 1.10. The maximum absolute atomic E-state index is 11.9. The van der Waals surface area contributed by atoms with Crippen LogP contribution in [0.3, 0.4) is 0 Å². The molecule has 0 spiro atoms. The van der Waals surface area contributed by atoms with Crippen LogP contribution in [0.15, 0.2) is 54.0 Å². The standard InChI is InChI=1S/C17H18N4O2S/c1-23-14-5-2-4-13(12-14)19-17(22)18-8-10-21-9-7-15(20-21)16-6-3-11-24-16/h2-7,9,11-12H,8,10H2,1H3,(H2,18,19,22). The van der Waals surface area contributed by atoms with E-state index < -0.39 is 0 Å². The van der Waals surface area contributed by atoms with Crippen LogP contribution in [-0.2, 0) is 6.54 Å². The van der Waals surface area contributed by atoms with Crippen molar-refractivity contribution in [2.24, 2.45) is 0 Å². The summed E-state index contributed by atoms with van der Waals surface area (Å²) >= 11 is 1.66. The fourth-order valence-corrected chi connectivity index (χ4v) is 2.89. The minimum atomic E-state index is -0.256. The molecule has 3 rings (SSSR count). The summed E-state index contributed by atoms with van der Waals surface area (Å²) in [5, 5.41) is 12.1. The molecule has 124 valence electrons. The number of anilines is 1. The Morgan fingerprint density at radius 2 is 2.21 bits per heavy atom. The van der Waals surface area contributed by atoms with Crippen LogP contribution in [0.2, 0.25) is 0 Å². The Labute approximate surface area is 144 Å². The molecule has 0 atom stereocenters. The van der Waals surface area contributed by atoms with E-state index in [0.717, 1.165) is 10.6 Å². The van der Waals surface area contributed by atoms with E-state index >= 15 is 0 Å². The lowest BCUT2D eigenvalue weighted by molar-refractivity contribution is 0.251. The lowest BCUT2D eigenvalue weighted by atomic mass is 10.3. The second-order valence-electron chi connectivity index (χ2n) is 5.05. The molecule has 1 aromatic carbocycles. The average molecular weight is 342 g/mol. The molecule has 0 aliphatic rings. The van der Waals surface area contributed by atoms with Crippen molar-refractivity contribution < 1.29 is 9.53 Å². The van der Waals surface area contributed by atoms with Crippen LogP contribution in [0.4, 0.5) is 10.5 Å². The van der Waals surface area contributed by atoms with Gasteiger partial charge in [0.1, 0.15) is 11.4 Å². The van der Waals surface area contributed by atoms with Crippen molar-refractivity contribution >= 4 is 23.1 Å². The van der Waals surface area contributed by atoms with Gasteiger partial charge in [-0.15, -0.1) is 11.3 Å².